The van der Waals surface area contributed by atoms with E-state index < -0.39 is 29.3 Å². The number of halogens is 2. The number of pyridine rings is 1. The molecule has 7 nitrogen and oxygen atoms in total. The van der Waals surface area contributed by atoms with Gasteiger partial charge in [0, 0.05) is 17.7 Å². The monoisotopic (exact) mass is 500 g/mol. The van der Waals surface area contributed by atoms with E-state index in [2.05, 4.69) is 5.10 Å². The maximum absolute atomic E-state index is 13.8. The predicted molar refractivity (Wildman–Crippen MR) is 129 cm³/mol. The van der Waals surface area contributed by atoms with Crippen LogP contribution in [0.2, 0.25) is 0 Å². The summed E-state index contributed by atoms with van der Waals surface area (Å²) in [5, 5.41) is 18.2. The van der Waals surface area contributed by atoms with Crippen molar-refractivity contribution in [1.29, 1.82) is 0 Å². The number of hydrogen-bond acceptors (Lipinski definition) is 4. The second-order valence-electron chi connectivity index (χ2n) is 8.94. The van der Waals surface area contributed by atoms with Crippen LogP contribution in [0.15, 0.2) is 79.1 Å². The normalized spacial score (nSPS) is 13.8. The minimum absolute atomic E-state index is 0.0189. The van der Waals surface area contributed by atoms with E-state index in [0.29, 0.717) is 16.9 Å². The number of imide groups is 1. The van der Waals surface area contributed by atoms with Crippen molar-refractivity contribution in [3.8, 4) is 11.6 Å². The van der Waals surface area contributed by atoms with Gasteiger partial charge in [0.1, 0.15) is 17.2 Å². The molecule has 0 bridgehead atoms. The van der Waals surface area contributed by atoms with Gasteiger partial charge in [-0.15, -0.1) is 0 Å². The topological polar surface area (TPSA) is 82.1 Å². The van der Waals surface area contributed by atoms with Crippen molar-refractivity contribution in [2.75, 3.05) is 0 Å². The molecule has 1 aliphatic rings. The number of carbonyl (C=O) groups excluding carboxylic acids is 2. The van der Waals surface area contributed by atoms with Gasteiger partial charge < -0.3 is 5.11 Å². The molecular weight excluding hydrogens is 478 g/mol. The number of amides is 2. The van der Waals surface area contributed by atoms with Gasteiger partial charge in [-0.05, 0) is 53.8 Å². The number of hydrogen-bond donors (Lipinski definition) is 0. The summed E-state index contributed by atoms with van der Waals surface area (Å²) < 4.78 is 29.6. The van der Waals surface area contributed by atoms with Crippen molar-refractivity contribution in [3.05, 3.63) is 108 Å². The summed E-state index contributed by atoms with van der Waals surface area (Å²) in [7, 11) is 0. The lowest BCUT2D eigenvalue weighted by molar-refractivity contribution is -0.576. The highest BCUT2D eigenvalue weighted by atomic mass is 19.1. The Hall–Kier alpha value is -4.66. The zero-order chi connectivity index (χ0) is 26.3. The Morgan fingerprint density at radius 1 is 0.892 bits per heavy atom. The quantitative estimate of drug-likeness (QED) is 0.299. The van der Waals surface area contributed by atoms with E-state index in [1.54, 1.807) is 30.6 Å². The Morgan fingerprint density at radius 3 is 2.08 bits per heavy atom. The lowest BCUT2D eigenvalue weighted by atomic mass is 9.98. The number of rotatable bonds is 6. The van der Waals surface area contributed by atoms with Crippen molar-refractivity contribution in [3.63, 3.8) is 0 Å². The van der Waals surface area contributed by atoms with Gasteiger partial charge in [0.25, 0.3) is 11.6 Å². The lowest BCUT2D eigenvalue weighted by Crippen LogP contribution is -2.39. The summed E-state index contributed by atoms with van der Waals surface area (Å²) in [5.74, 6) is -3.02. The van der Waals surface area contributed by atoms with Crippen molar-refractivity contribution in [2.45, 2.75) is 26.3 Å². The third kappa shape index (κ3) is 4.29. The summed E-state index contributed by atoms with van der Waals surface area (Å²) in [4.78, 5) is 28.5. The fraction of sp³-hybridized carbons (Fsp3) is 0.143. The highest BCUT2D eigenvalue weighted by Gasteiger charge is 2.46. The van der Waals surface area contributed by atoms with Gasteiger partial charge in [-0.3, -0.25) is 14.5 Å². The first-order valence-corrected chi connectivity index (χ1v) is 11.6. The smallest absolute Gasteiger partial charge is 0.327 e. The number of nitrogens with zero attached hydrogens (tertiary/aromatic N) is 4. The molecule has 0 unspecified atom stereocenters. The van der Waals surface area contributed by atoms with Crippen molar-refractivity contribution >= 4 is 23.1 Å². The molecule has 0 saturated heterocycles. The first-order valence-electron chi connectivity index (χ1n) is 11.6. The van der Waals surface area contributed by atoms with E-state index in [1.165, 1.54) is 53.1 Å². The molecule has 2 aromatic carbocycles. The molecule has 186 valence electrons. The van der Waals surface area contributed by atoms with Gasteiger partial charge >= 0.3 is 5.91 Å². The molecule has 2 amide bonds. The molecule has 0 N–H and O–H groups in total. The Kier molecular flexibility index (Phi) is 6.12. The first kappa shape index (κ1) is 24.1. The van der Waals surface area contributed by atoms with Crippen LogP contribution in [0.5, 0.6) is 5.88 Å². The maximum Gasteiger partial charge on any atom is 0.327 e. The molecule has 0 atom stereocenters. The minimum atomic E-state index is -0.654. The van der Waals surface area contributed by atoms with E-state index in [-0.39, 0.29) is 29.3 Å². The maximum atomic E-state index is 13.8. The number of aromatic nitrogens is 3. The summed E-state index contributed by atoms with van der Waals surface area (Å²) in [5.41, 5.74) is 1.19. The highest BCUT2D eigenvalue weighted by Crippen LogP contribution is 2.39. The van der Waals surface area contributed by atoms with Gasteiger partial charge in [-0.2, -0.15) is 9.67 Å². The summed E-state index contributed by atoms with van der Waals surface area (Å²) in [6.07, 6.45) is 3.23. The van der Waals surface area contributed by atoms with Gasteiger partial charge in [0.2, 0.25) is 0 Å². The molecule has 0 saturated carbocycles. The lowest BCUT2D eigenvalue weighted by Gasteiger charge is -2.16. The Bertz CT molecular complexity index is 1530. The third-order valence-corrected chi connectivity index (χ3v) is 6.11. The minimum Gasteiger partial charge on any atom is -0.858 e. The Morgan fingerprint density at radius 2 is 1.49 bits per heavy atom. The summed E-state index contributed by atoms with van der Waals surface area (Å²) in [6.45, 7) is 3.55. The third-order valence-electron chi connectivity index (χ3n) is 6.11. The number of carbonyl (C=O) groups is 2. The molecule has 3 heterocycles. The van der Waals surface area contributed by atoms with Crippen molar-refractivity contribution < 1.29 is 28.0 Å². The van der Waals surface area contributed by atoms with Crippen LogP contribution in [0.3, 0.4) is 0 Å². The average molecular weight is 501 g/mol. The molecule has 5 rings (SSSR count). The zero-order valence-corrected chi connectivity index (χ0v) is 20.1. The molecular formula is C28H22F2N4O3. The average Bonchev–Trinajstić information content (AvgIpc) is 3.35. The summed E-state index contributed by atoms with van der Waals surface area (Å²) >= 11 is 0. The molecule has 2 aromatic heterocycles. The molecule has 0 fully saturated rings. The Balaban J connectivity index is 1.70. The van der Waals surface area contributed by atoms with Gasteiger partial charge in [-0.25, -0.2) is 13.5 Å². The van der Waals surface area contributed by atoms with E-state index in [4.69, 9.17) is 0 Å². The van der Waals surface area contributed by atoms with Crippen molar-refractivity contribution in [2.24, 2.45) is 0 Å². The van der Waals surface area contributed by atoms with Crippen LogP contribution in [0.1, 0.15) is 36.6 Å². The largest absolute Gasteiger partial charge is 0.858 e. The van der Waals surface area contributed by atoms with Crippen LogP contribution in [0, 0.1) is 11.6 Å². The highest BCUT2D eigenvalue weighted by molar-refractivity contribution is 6.44. The van der Waals surface area contributed by atoms with E-state index >= 15 is 0 Å². The molecule has 37 heavy (non-hydrogen) atoms. The SMILES string of the molecule is CC(C)c1nn(-c2ccc(F)cc2)c([O-])c1C1=C([n+]2ccccc2)C(=O)N(Cc2ccc(F)cc2)C1=O. The van der Waals surface area contributed by atoms with Crippen LogP contribution in [0.25, 0.3) is 17.0 Å². The van der Waals surface area contributed by atoms with E-state index in [0.717, 1.165) is 9.58 Å². The van der Waals surface area contributed by atoms with E-state index in [1.807, 2.05) is 13.8 Å². The van der Waals surface area contributed by atoms with E-state index in [9.17, 15) is 23.5 Å². The van der Waals surface area contributed by atoms with Crippen molar-refractivity contribution in [1.82, 2.24) is 14.7 Å². The molecule has 0 aliphatic carbocycles. The van der Waals surface area contributed by atoms with Crippen LogP contribution < -0.4 is 9.67 Å². The molecule has 9 heteroatoms. The predicted octanol–water partition coefficient (Wildman–Crippen LogP) is 3.57. The molecule has 1 aliphatic heterocycles. The first-order chi connectivity index (χ1) is 17.8. The van der Waals surface area contributed by atoms with Crippen LogP contribution in [-0.4, -0.2) is 26.5 Å². The zero-order valence-electron chi connectivity index (χ0n) is 20.1. The fourth-order valence-electron chi connectivity index (χ4n) is 4.31. The fourth-order valence-corrected chi connectivity index (χ4v) is 4.31. The van der Waals surface area contributed by atoms with Gasteiger partial charge in [0.05, 0.1) is 17.9 Å². The molecule has 0 spiro atoms. The molecule has 4 aromatic rings. The van der Waals surface area contributed by atoms with Gasteiger partial charge in [0.15, 0.2) is 12.4 Å². The second kappa shape index (κ2) is 9.42. The van der Waals surface area contributed by atoms with Crippen LogP contribution in [0.4, 0.5) is 8.78 Å². The van der Waals surface area contributed by atoms with Crippen LogP contribution >= 0.6 is 0 Å². The number of benzene rings is 2. The summed E-state index contributed by atoms with van der Waals surface area (Å²) in [6, 6.07) is 15.9. The van der Waals surface area contributed by atoms with Crippen LogP contribution in [-0.2, 0) is 16.1 Å². The van der Waals surface area contributed by atoms with Gasteiger partial charge in [-0.1, -0.05) is 32.0 Å². The Labute approximate surface area is 211 Å². The molecule has 0 radical (unpaired) electrons. The second-order valence-corrected chi connectivity index (χ2v) is 8.94. The standard InChI is InChI=1S/C28H22F2N4O3/c1-17(2)24-22(27(36)34(31-24)21-12-10-20(30)11-13-21)23-25(32-14-4-3-5-15-32)28(37)33(26(23)35)16-18-6-8-19(29)9-7-18/h3-15,17H,16H2,1-2H3.